The number of amides is 4. The highest BCUT2D eigenvalue weighted by Gasteiger charge is 2.36. The number of ether oxygens (including phenoxy) is 1. The molecule has 0 aromatic heterocycles. The van der Waals surface area contributed by atoms with E-state index in [0.717, 1.165) is 10.8 Å². The van der Waals surface area contributed by atoms with Crippen LogP contribution in [0.15, 0.2) is 66.7 Å². The number of carbonyl (C=O) groups is 4. The first-order valence-electron chi connectivity index (χ1n) is 12.9. The van der Waals surface area contributed by atoms with Crippen LogP contribution in [0.3, 0.4) is 0 Å². The van der Waals surface area contributed by atoms with E-state index in [1.165, 1.54) is 4.90 Å². The Bertz CT molecular complexity index is 1440. The van der Waals surface area contributed by atoms with E-state index in [2.05, 4.69) is 16.6 Å². The van der Waals surface area contributed by atoms with Gasteiger partial charge in [-0.25, -0.2) is 4.79 Å². The van der Waals surface area contributed by atoms with E-state index in [4.69, 9.17) is 16.9 Å². The van der Waals surface area contributed by atoms with Crippen molar-refractivity contribution in [2.75, 3.05) is 11.9 Å². The van der Waals surface area contributed by atoms with Crippen molar-refractivity contribution in [2.24, 2.45) is 5.73 Å². The number of anilines is 1. The number of nitrogens with one attached hydrogen (secondary N) is 2. The third-order valence-corrected chi connectivity index (χ3v) is 5.99. The zero-order chi connectivity index (χ0) is 29.4. The fourth-order valence-corrected chi connectivity index (χ4v) is 4.23. The summed E-state index contributed by atoms with van der Waals surface area (Å²) in [4.78, 5) is 53.3. The number of hydrogen-bond acceptors (Lipinski definition) is 5. The maximum atomic E-state index is 13.8. The average Bonchev–Trinajstić information content (AvgIpc) is 2.89. The van der Waals surface area contributed by atoms with Crippen molar-refractivity contribution in [1.29, 1.82) is 0 Å². The molecule has 9 nitrogen and oxygen atoms in total. The Kier molecular flexibility index (Phi) is 9.51. The topological polar surface area (TPSA) is 131 Å². The Labute approximate surface area is 234 Å². The van der Waals surface area contributed by atoms with E-state index in [9.17, 15) is 19.2 Å². The van der Waals surface area contributed by atoms with Gasteiger partial charge in [-0.1, -0.05) is 48.4 Å². The molecule has 0 bridgehead atoms. The molecule has 4 amide bonds. The number of nitrogens with zero attached hydrogens (tertiary/aromatic N) is 1. The molecule has 0 heterocycles. The maximum absolute atomic E-state index is 13.8. The number of fused-ring (bicyclic) bond motifs is 1. The minimum absolute atomic E-state index is 0.0801. The van der Waals surface area contributed by atoms with Gasteiger partial charge in [0.25, 0.3) is 5.91 Å². The van der Waals surface area contributed by atoms with E-state index >= 15 is 0 Å². The Morgan fingerprint density at radius 3 is 2.23 bits per heavy atom. The first-order valence-corrected chi connectivity index (χ1v) is 12.9. The number of likely N-dealkylation sites (N-methyl/N-ethyl adjacent to an activating group) is 1. The summed E-state index contributed by atoms with van der Waals surface area (Å²) in [6, 6.07) is 17.4. The molecule has 0 aliphatic heterocycles. The monoisotopic (exact) mass is 542 g/mol. The van der Waals surface area contributed by atoms with Crippen LogP contribution in [0, 0.1) is 12.3 Å². The van der Waals surface area contributed by atoms with E-state index in [-0.39, 0.29) is 6.54 Å². The maximum Gasteiger partial charge on any atom is 0.408 e. The van der Waals surface area contributed by atoms with Crippen molar-refractivity contribution in [3.63, 3.8) is 0 Å². The van der Waals surface area contributed by atoms with E-state index in [0.29, 0.717) is 16.8 Å². The van der Waals surface area contributed by atoms with Crippen LogP contribution >= 0.6 is 0 Å². The van der Waals surface area contributed by atoms with Crippen molar-refractivity contribution in [3.8, 4) is 12.3 Å². The quantitative estimate of drug-likeness (QED) is 0.350. The van der Waals surface area contributed by atoms with Crippen molar-refractivity contribution in [2.45, 2.75) is 51.8 Å². The van der Waals surface area contributed by atoms with Gasteiger partial charge in [-0.3, -0.25) is 14.4 Å². The van der Waals surface area contributed by atoms with Gasteiger partial charge in [0.1, 0.15) is 17.7 Å². The molecule has 2 atom stereocenters. The lowest BCUT2D eigenvalue weighted by atomic mass is 10.0. The van der Waals surface area contributed by atoms with Gasteiger partial charge < -0.3 is 26.0 Å². The fraction of sp³-hybridized carbons (Fsp3) is 0.290. The van der Waals surface area contributed by atoms with Gasteiger partial charge in [0.05, 0.1) is 6.42 Å². The molecule has 2 unspecified atom stereocenters. The van der Waals surface area contributed by atoms with E-state index in [1.807, 2.05) is 36.4 Å². The highest BCUT2D eigenvalue weighted by atomic mass is 16.6. The standard InChI is InChI=1S/C31H34N4O5/c1-6-20-12-14-22(15-13-20)27(28(37)33-24-17-16-21-10-8-9-11-23(21)18-24)35(7-2)29(38)25(19-26(32)36)34-30(39)40-31(3,4)5/h1,8-18,25,27H,7,19H2,2-5H3,(H2,32,36)(H,33,37)(H,34,39). The van der Waals surface area contributed by atoms with Crippen molar-refractivity contribution < 1.29 is 23.9 Å². The average molecular weight is 543 g/mol. The molecule has 9 heteroatoms. The van der Waals surface area contributed by atoms with Gasteiger partial charge in [-0.05, 0) is 68.3 Å². The van der Waals surface area contributed by atoms with Crippen LogP contribution in [0.4, 0.5) is 10.5 Å². The summed E-state index contributed by atoms with van der Waals surface area (Å²) in [5, 5.41) is 7.29. The molecule has 0 aliphatic carbocycles. The highest BCUT2D eigenvalue weighted by Crippen LogP contribution is 2.26. The summed E-state index contributed by atoms with van der Waals surface area (Å²) >= 11 is 0. The molecule has 3 aromatic rings. The molecule has 0 aliphatic rings. The Morgan fingerprint density at radius 1 is 1.00 bits per heavy atom. The van der Waals surface area contributed by atoms with Crippen LogP contribution in [0.2, 0.25) is 0 Å². The summed E-state index contributed by atoms with van der Waals surface area (Å²) in [6.45, 7) is 6.78. The van der Waals surface area contributed by atoms with Gasteiger partial charge in [-0.2, -0.15) is 0 Å². The van der Waals surface area contributed by atoms with Gasteiger partial charge in [0.2, 0.25) is 11.8 Å². The SMILES string of the molecule is C#Cc1ccc(C(C(=O)Nc2ccc3ccccc3c2)N(CC)C(=O)C(CC(N)=O)NC(=O)OC(C)(C)C)cc1. The molecule has 0 saturated heterocycles. The van der Waals surface area contributed by atoms with Gasteiger partial charge in [0.15, 0.2) is 0 Å². The number of carbonyl (C=O) groups excluding carboxylic acids is 4. The Balaban J connectivity index is 1.98. The van der Waals surface area contributed by atoms with Crippen LogP contribution in [-0.2, 0) is 19.1 Å². The molecule has 0 spiro atoms. The van der Waals surface area contributed by atoms with Gasteiger partial charge in [0, 0.05) is 17.8 Å². The number of alkyl carbamates (subject to hydrolysis) is 1. The molecule has 40 heavy (non-hydrogen) atoms. The van der Waals surface area contributed by atoms with Gasteiger partial charge >= 0.3 is 6.09 Å². The van der Waals surface area contributed by atoms with Crippen LogP contribution in [0.5, 0.6) is 0 Å². The lowest BCUT2D eigenvalue weighted by Crippen LogP contribution is -2.53. The normalized spacial score (nSPS) is 12.5. The number of benzene rings is 3. The summed E-state index contributed by atoms with van der Waals surface area (Å²) in [5.41, 5.74) is 6.20. The molecular weight excluding hydrogens is 508 g/mol. The molecular formula is C31H34N4O5. The van der Waals surface area contributed by atoms with Crippen molar-refractivity contribution in [3.05, 3.63) is 77.9 Å². The van der Waals surface area contributed by atoms with Crippen LogP contribution in [0.25, 0.3) is 10.8 Å². The van der Waals surface area contributed by atoms with Crippen molar-refractivity contribution in [1.82, 2.24) is 10.2 Å². The predicted octanol–water partition coefficient (Wildman–Crippen LogP) is 4.12. The van der Waals surface area contributed by atoms with Crippen LogP contribution in [-0.4, -0.2) is 46.9 Å². The molecule has 0 radical (unpaired) electrons. The first-order chi connectivity index (χ1) is 18.9. The summed E-state index contributed by atoms with van der Waals surface area (Å²) < 4.78 is 5.27. The minimum Gasteiger partial charge on any atom is -0.444 e. The van der Waals surface area contributed by atoms with E-state index < -0.39 is 47.9 Å². The Hall–Kier alpha value is -4.84. The zero-order valence-corrected chi connectivity index (χ0v) is 23.1. The number of primary amides is 1. The molecule has 3 rings (SSSR count). The molecule has 0 fully saturated rings. The second kappa shape index (κ2) is 12.8. The fourth-order valence-electron chi connectivity index (χ4n) is 4.23. The molecule has 4 N–H and O–H groups in total. The number of nitrogens with two attached hydrogens (primary N) is 1. The lowest BCUT2D eigenvalue weighted by Gasteiger charge is -2.33. The largest absolute Gasteiger partial charge is 0.444 e. The minimum atomic E-state index is -1.35. The van der Waals surface area contributed by atoms with Crippen LogP contribution in [0.1, 0.15) is 51.3 Å². The summed E-state index contributed by atoms with van der Waals surface area (Å²) in [5.74, 6) is 0.561. The third-order valence-electron chi connectivity index (χ3n) is 5.99. The first kappa shape index (κ1) is 29.7. The molecule has 0 saturated carbocycles. The third kappa shape index (κ3) is 7.84. The smallest absolute Gasteiger partial charge is 0.408 e. The molecule has 208 valence electrons. The highest BCUT2D eigenvalue weighted by molar-refractivity contribution is 6.01. The number of hydrogen-bond donors (Lipinski definition) is 3. The second-order valence-electron chi connectivity index (χ2n) is 10.2. The van der Waals surface area contributed by atoms with Crippen LogP contribution < -0.4 is 16.4 Å². The van der Waals surface area contributed by atoms with Crippen molar-refractivity contribution >= 4 is 40.3 Å². The second-order valence-corrected chi connectivity index (χ2v) is 10.2. The zero-order valence-electron chi connectivity index (χ0n) is 23.1. The van der Waals surface area contributed by atoms with E-state index in [1.54, 1.807) is 58.0 Å². The number of terminal acetylenes is 1. The predicted molar refractivity (Wildman–Crippen MR) is 154 cm³/mol. The number of rotatable bonds is 9. The Morgan fingerprint density at radius 2 is 1.65 bits per heavy atom. The summed E-state index contributed by atoms with van der Waals surface area (Å²) in [7, 11) is 0. The molecule has 3 aromatic carbocycles. The van der Waals surface area contributed by atoms with Gasteiger partial charge in [-0.15, -0.1) is 6.42 Å². The lowest BCUT2D eigenvalue weighted by molar-refractivity contribution is -0.141. The summed E-state index contributed by atoms with van der Waals surface area (Å²) in [6.07, 6.45) is 4.13.